The van der Waals surface area contributed by atoms with E-state index in [0.29, 0.717) is 6.42 Å². The first-order valence-electron chi connectivity index (χ1n) is 5.09. The van der Waals surface area contributed by atoms with E-state index in [-0.39, 0.29) is 23.5 Å². The summed E-state index contributed by atoms with van der Waals surface area (Å²) in [6.45, 7) is 0. The number of nitrogens with two attached hydrogens (primary N) is 1. The molecule has 0 saturated carbocycles. The fraction of sp³-hybridized carbons (Fsp3) is 0.455. The predicted molar refractivity (Wildman–Crippen MR) is 60.4 cm³/mol. The number of sulfone groups is 1. The summed E-state index contributed by atoms with van der Waals surface area (Å²) in [7, 11) is -2.89. The molecule has 2 atom stereocenters. The summed E-state index contributed by atoms with van der Waals surface area (Å²) in [5.41, 5.74) is 7.00. The third-order valence-electron chi connectivity index (χ3n) is 2.94. The van der Waals surface area contributed by atoms with Crippen molar-refractivity contribution in [2.75, 3.05) is 11.5 Å². The van der Waals surface area contributed by atoms with Crippen LogP contribution in [0, 0.1) is 0 Å². The minimum Gasteiger partial charge on any atom is -0.327 e. The van der Waals surface area contributed by atoms with Gasteiger partial charge in [-0.1, -0.05) is 30.3 Å². The van der Waals surface area contributed by atoms with Crippen molar-refractivity contribution in [3.8, 4) is 0 Å². The summed E-state index contributed by atoms with van der Waals surface area (Å²) >= 11 is 0. The predicted octanol–water partition coefficient (Wildman–Crippen LogP) is 0.916. The van der Waals surface area contributed by atoms with Crippen molar-refractivity contribution in [3.05, 3.63) is 35.9 Å². The second-order valence-electron chi connectivity index (χ2n) is 4.08. The Morgan fingerprint density at radius 2 is 1.87 bits per heavy atom. The lowest BCUT2D eigenvalue weighted by Gasteiger charge is -2.28. The van der Waals surface area contributed by atoms with Gasteiger partial charge in [0.1, 0.15) is 0 Å². The average Bonchev–Trinajstić information content (AvgIpc) is 2.23. The van der Waals surface area contributed by atoms with Crippen molar-refractivity contribution in [3.63, 3.8) is 0 Å². The minimum atomic E-state index is -2.89. The molecule has 82 valence electrons. The lowest BCUT2D eigenvalue weighted by Crippen LogP contribution is -2.40. The Kier molecular flexibility index (Phi) is 2.80. The molecule has 15 heavy (non-hydrogen) atoms. The highest BCUT2D eigenvalue weighted by Crippen LogP contribution is 2.27. The maximum atomic E-state index is 11.5. The van der Waals surface area contributed by atoms with E-state index in [1.54, 1.807) is 0 Å². The number of hydrogen-bond acceptors (Lipinski definition) is 3. The van der Waals surface area contributed by atoms with Gasteiger partial charge in [-0.2, -0.15) is 0 Å². The Labute approximate surface area is 90.2 Å². The van der Waals surface area contributed by atoms with Gasteiger partial charge in [-0.3, -0.25) is 0 Å². The first-order chi connectivity index (χ1) is 7.08. The molecule has 1 saturated heterocycles. The van der Waals surface area contributed by atoms with Crippen LogP contribution >= 0.6 is 0 Å². The molecule has 1 aromatic rings. The normalized spacial score (nSPS) is 29.9. The summed E-state index contributed by atoms with van der Waals surface area (Å²) in [5.74, 6) is 0.389. The van der Waals surface area contributed by atoms with E-state index >= 15 is 0 Å². The van der Waals surface area contributed by atoms with Gasteiger partial charge in [-0.25, -0.2) is 8.42 Å². The second kappa shape index (κ2) is 3.94. The molecule has 2 unspecified atom stereocenters. The molecule has 1 heterocycles. The summed E-state index contributed by atoms with van der Waals surface area (Å²) in [6.07, 6.45) is 0.571. The molecule has 0 aromatic heterocycles. The molecular formula is C11H15NO2S. The van der Waals surface area contributed by atoms with Gasteiger partial charge in [-0.15, -0.1) is 0 Å². The maximum absolute atomic E-state index is 11.5. The van der Waals surface area contributed by atoms with Crippen LogP contribution in [-0.2, 0) is 9.84 Å². The molecular weight excluding hydrogens is 210 g/mol. The van der Waals surface area contributed by atoms with Gasteiger partial charge in [-0.05, 0) is 12.0 Å². The Morgan fingerprint density at radius 1 is 1.20 bits per heavy atom. The number of hydrogen-bond donors (Lipinski definition) is 1. The molecule has 0 spiro atoms. The molecule has 3 nitrogen and oxygen atoms in total. The number of rotatable bonds is 1. The van der Waals surface area contributed by atoms with Gasteiger partial charge in [0.15, 0.2) is 9.84 Å². The molecule has 1 fully saturated rings. The summed E-state index contributed by atoms with van der Waals surface area (Å²) in [5, 5.41) is 0. The van der Waals surface area contributed by atoms with Gasteiger partial charge in [0.2, 0.25) is 0 Å². The topological polar surface area (TPSA) is 60.2 Å². The van der Waals surface area contributed by atoms with Crippen molar-refractivity contribution in [1.82, 2.24) is 0 Å². The Balaban J connectivity index is 2.28. The molecule has 1 aromatic carbocycles. The van der Waals surface area contributed by atoms with E-state index in [0.717, 1.165) is 5.56 Å². The van der Waals surface area contributed by atoms with Crippen LogP contribution in [0.15, 0.2) is 30.3 Å². The van der Waals surface area contributed by atoms with E-state index in [4.69, 9.17) is 5.73 Å². The molecule has 0 amide bonds. The van der Waals surface area contributed by atoms with E-state index in [9.17, 15) is 8.42 Å². The Hall–Kier alpha value is -0.870. The molecule has 1 aliphatic rings. The van der Waals surface area contributed by atoms with E-state index in [1.807, 2.05) is 30.3 Å². The van der Waals surface area contributed by atoms with Crippen LogP contribution in [0.5, 0.6) is 0 Å². The fourth-order valence-electron chi connectivity index (χ4n) is 2.04. The molecule has 0 radical (unpaired) electrons. The molecule has 2 N–H and O–H groups in total. The highest BCUT2D eigenvalue weighted by Gasteiger charge is 2.31. The van der Waals surface area contributed by atoms with Gasteiger partial charge in [0.05, 0.1) is 11.5 Å². The van der Waals surface area contributed by atoms with Crippen LogP contribution in [0.2, 0.25) is 0 Å². The molecule has 1 aliphatic heterocycles. The van der Waals surface area contributed by atoms with E-state index < -0.39 is 9.84 Å². The van der Waals surface area contributed by atoms with Crippen LogP contribution in [0.4, 0.5) is 0 Å². The standard InChI is InChI=1S/C11H15NO2S/c12-11-6-7-15(13,14)8-10(11)9-4-2-1-3-5-9/h1-5,10-11H,6-8,12H2. The lowest BCUT2D eigenvalue weighted by molar-refractivity contribution is 0.504. The first kappa shape index (κ1) is 10.6. The monoisotopic (exact) mass is 225 g/mol. The first-order valence-corrected chi connectivity index (χ1v) is 6.91. The highest BCUT2D eigenvalue weighted by molar-refractivity contribution is 7.91. The average molecular weight is 225 g/mol. The van der Waals surface area contributed by atoms with Gasteiger partial charge >= 0.3 is 0 Å². The fourth-order valence-corrected chi connectivity index (χ4v) is 3.83. The summed E-state index contributed by atoms with van der Waals surface area (Å²) < 4.78 is 23.0. The van der Waals surface area contributed by atoms with Crippen LogP contribution < -0.4 is 5.73 Å². The molecule has 2 rings (SSSR count). The Morgan fingerprint density at radius 3 is 2.53 bits per heavy atom. The second-order valence-corrected chi connectivity index (χ2v) is 6.31. The van der Waals surface area contributed by atoms with Crippen molar-refractivity contribution in [1.29, 1.82) is 0 Å². The van der Waals surface area contributed by atoms with Gasteiger partial charge < -0.3 is 5.73 Å². The lowest BCUT2D eigenvalue weighted by atomic mass is 9.92. The van der Waals surface area contributed by atoms with Gasteiger partial charge in [0, 0.05) is 12.0 Å². The SMILES string of the molecule is NC1CCS(=O)(=O)CC1c1ccccc1. The van der Waals surface area contributed by atoms with E-state index in [2.05, 4.69) is 0 Å². The van der Waals surface area contributed by atoms with Crippen LogP contribution in [0.3, 0.4) is 0 Å². The zero-order chi connectivity index (χ0) is 10.9. The minimum absolute atomic E-state index is 0.0316. The highest BCUT2D eigenvalue weighted by atomic mass is 32.2. The van der Waals surface area contributed by atoms with Crippen LogP contribution in [0.1, 0.15) is 17.9 Å². The summed E-state index contributed by atoms with van der Waals surface area (Å²) in [6, 6.07) is 9.63. The molecule has 0 bridgehead atoms. The van der Waals surface area contributed by atoms with Crippen molar-refractivity contribution >= 4 is 9.84 Å². The molecule has 4 heteroatoms. The third kappa shape index (κ3) is 2.38. The zero-order valence-electron chi connectivity index (χ0n) is 8.46. The largest absolute Gasteiger partial charge is 0.327 e. The number of benzene rings is 1. The quantitative estimate of drug-likeness (QED) is 0.773. The van der Waals surface area contributed by atoms with Crippen molar-refractivity contribution < 1.29 is 8.42 Å². The zero-order valence-corrected chi connectivity index (χ0v) is 9.28. The van der Waals surface area contributed by atoms with Crippen molar-refractivity contribution in [2.45, 2.75) is 18.4 Å². The smallest absolute Gasteiger partial charge is 0.151 e. The van der Waals surface area contributed by atoms with E-state index in [1.165, 1.54) is 0 Å². The third-order valence-corrected chi connectivity index (χ3v) is 4.66. The Bertz CT molecular complexity index is 427. The molecule has 0 aliphatic carbocycles. The maximum Gasteiger partial charge on any atom is 0.151 e. The van der Waals surface area contributed by atoms with Crippen LogP contribution in [-0.4, -0.2) is 26.0 Å². The van der Waals surface area contributed by atoms with Crippen LogP contribution in [0.25, 0.3) is 0 Å². The van der Waals surface area contributed by atoms with Crippen molar-refractivity contribution in [2.24, 2.45) is 5.73 Å². The summed E-state index contributed by atoms with van der Waals surface area (Å²) in [4.78, 5) is 0. The van der Waals surface area contributed by atoms with Gasteiger partial charge in [0.25, 0.3) is 0 Å².